The van der Waals surface area contributed by atoms with Crippen molar-refractivity contribution in [3.05, 3.63) is 24.3 Å². The zero-order valence-corrected chi connectivity index (χ0v) is 10.3. The summed E-state index contributed by atoms with van der Waals surface area (Å²) < 4.78 is 11.4. The molecule has 1 rings (SSSR count). The predicted molar refractivity (Wildman–Crippen MR) is 59.6 cm³/mol. The minimum atomic E-state index is -1.03. The molecule has 1 aromatic carbocycles. The van der Waals surface area contributed by atoms with Crippen LogP contribution in [-0.2, 0) is 13.3 Å². The van der Waals surface area contributed by atoms with Crippen LogP contribution in [0.3, 0.4) is 0 Å². The second kappa shape index (κ2) is 6.18. The Morgan fingerprint density at radius 3 is 2.31 bits per heavy atom. The summed E-state index contributed by atoms with van der Waals surface area (Å²) in [5, 5.41) is 2.61. The van der Waals surface area contributed by atoms with Gasteiger partial charge in [0, 0.05) is 0 Å². The molecule has 0 atom stereocenters. The van der Waals surface area contributed by atoms with Gasteiger partial charge in [-0.15, -0.1) is 0 Å². The van der Waals surface area contributed by atoms with Gasteiger partial charge in [-0.1, -0.05) is 0 Å². The Bertz CT molecular complexity index is 403. The molecule has 0 saturated carbocycles. The van der Waals surface area contributed by atoms with Gasteiger partial charge >= 0.3 is 99.0 Å². The van der Waals surface area contributed by atoms with Crippen LogP contribution in [0, 0.1) is 0 Å². The standard InChI is InChI=1S/C10H11AsN2O3/c12-9(14)5-6-10(15)13-8-3-1-7(11-16)2-4-8/h1-4H,5-6H2,(H2,12,14)(H,13,15). The monoisotopic (exact) mass is 282 g/mol. The summed E-state index contributed by atoms with van der Waals surface area (Å²) in [5.41, 5.74) is 5.54. The van der Waals surface area contributed by atoms with E-state index in [-0.39, 0.29) is 18.7 Å². The Labute approximate surface area is 99.3 Å². The Hall–Kier alpha value is -1.48. The van der Waals surface area contributed by atoms with Crippen molar-refractivity contribution in [2.24, 2.45) is 5.73 Å². The molecular formula is C10H11AsN2O3. The summed E-state index contributed by atoms with van der Waals surface area (Å²) >= 11 is -1.03. The molecule has 0 unspecified atom stereocenters. The Morgan fingerprint density at radius 2 is 1.81 bits per heavy atom. The number of rotatable bonds is 5. The quantitative estimate of drug-likeness (QED) is 0.718. The number of hydrogen-bond donors (Lipinski definition) is 2. The zero-order valence-electron chi connectivity index (χ0n) is 8.47. The number of carbonyl (C=O) groups is 2. The van der Waals surface area contributed by atoms with E-state index in [0.29, 0.717) is 5.69 Å². The molecule has 2 amide bonds. The van der Waals surface area contributed by atoms with Gasteiger partial charge in [-0.3, -0.25) is 0 Å². The van der Waals surface area contributed by atoms with Crippen molar-refractivity contribution in [1.82, 2.24) is 0 Å². The number of carbonyl (C=O) groups excluding carboxylic acids is 2. The van der Waals surface area contributed by atoms with Crippen molar-refractivity contribution in [2.45, 2.75) is 12.8 Å². The van der Waals surface area contributed by atoms with Crippen LogP contribution in [-0.4, -0.2) is 27.5 Å². The number of nitrogens with two attached hydrogens (primary N) is 1. The van der Waals surface area contributed by atoms with Gasteiger partial charge in [0.05, 0.1) is 0 Å². The molecule has 0 bridgehead atoms. The first-order valence-electron chi connectivity index (χ1n) is 4.63. The summed E-state index contributed by atoms with van der Waals surface area (Å²) in [7, 11) is 0. The van der Waals surface area contributed by atoms with Crippen LogP contribution in [0.5, 0.6) is 0 Å². The summed E-state index contributed by atoms with van der Waals surface area (Å²) in [6, 6.07) is 6.73. The molecule has 16 heavy (non-hydrogen) atoms. The van der Waals surface area contributed by atoms with E-state index >= 15 is 0 Å². The second-order valence-corrected chi connectivity index (χ2v) is 4.62. The fourth-order valence-corrected chi connectivity index (χ4v) is 1.63. The van der Waals surface area contributed by atoms with Gasteiger partial charge in [0.1, 0.15) is 0 Å². The second-order valence-electron chi connectivity index (χ2n) is 3.15. The average molecular weight is 282 g/mol. The van der Waals surface area contributed by atoms with E-state index in [4.69, 9.17) is 5.73 Å². The average Bonchev–Trinajstić information content (AvgIpc) is 2.27. The van der Waals surface area contributed by atoms with Gasteiger partial charge in [-0.2, -0.15) is 0 Å². The third-order valence-corrected chi connectivity index (χ3v) is 2.92. The van der Waals surface area contributed by atoms with Crippen molar-refractivity contribution in [1.29, 1.82) is 0 Å². The van der Waals surface area contributed by atoms with Crippen molar-refractivity contribution in [3.8, 4) is 0 Å². The summed E-state index contributed by atoms with van der Waals surface area (Å²) in [6.07, 6.45) is 0.111. The van der Waals surface area contributed by atoms with Crippen LogP contribution in [0.25, 0.3) is 0 Å². The number of hydrogen-bond acceptors (Lipinski definition) is 3. The maximum atomic E-state index is 11.3. The van der Waals surface area contributed by atoms with E-state index in [9.17, 15) is 13.3 Å². The Morgan fingerprint density at radius 1 is 1.19 bits per heavy atom. The SMILES string of the molecule is NC(=O)CCC(=O)Nc1ccc([As]=O)cc1. The van der Waals surface area contributed by atoms with E-state index < -0.39 is 21.6 Å². The molecule has 0 aliphatic carbocycles. The normalized spacial score (nSPS) is 10.0. The van der Waals surface area contributed by atoms with Crippen molar-refractivity contribution < 1.29 is 13.3 Å². The van der Waals surface area contributed by atoms with Crippen LogP contribution < -0.4 is 15.4 Å². The number of amides is 2. The molecule has 6 heteroatoms. The molecule has 0 fully saturated rings. The van der Waals surface area contributed by atoms with E-state index in [1.807, 2.05) is 0 Å². The first kappa shape index (κ1) is 12.6. The van der Waals surface area contributed by atoms with Crippen LogP contribution in [0.4, 0.5) is 5.69 Å². The Balaban J connectivity index is 2.49. The predicted octanol–water partition coefficient (Wildman–Crippen LogP) is -0.434. The van der Waals surface area contributed by atoms with E-state index in [1.165, 1.54) is 0 Å². The molecule has 3 N–H and O–H groups in total. The molecule has 0 saturated heterocycles. The van der Waals surface area contributed by atoms with Gasteiger partial charge in [0.15, 0.2) is 0 Å². The third kappa shape index (κ3) is 4.36. The first-order chi connectivity index (χ1) is 7.61. The van der Waals surface area contributed by atoms with Crippen LogP contribution in [0.2, 0.25) is 0 Å². The molecule has 1 aromatic rings. The van der Waals surface area contributed by atoms with Gasteiger partial charge in [-0.05, 0) is 0 Å². The first-order valence-corrected chi connectivity index (χ1v) is 6.34. The number of benzene rings is 1. The van der Waals surface area contributed by atoms with Crippen LogP contribution in [0.1, 0.15) is 12.8 Å². The van der Waals surface area contributed by atoms with E-state index in [1.54, 1.807) is 24.3 Å². The minimum absolute atomic E-state index is 0.0368. The molecular weight excluding hydrogens is 271 g/mol. The summed E-state index contributed by atoms with van der Waals surface area (Å²) in [5.74, 6) is -0.761. The topological polar surface area (TPSA) is 89.3 Å². The Kier molecular flexibility index (Phi) is 4.86. The number of primary amides is 1. The van der Waals surface area contributed by atoms with E-state index in [0.717, 1.165) is 4.35 Å². The number of anilines is 1. The van der Waals surface area contributed by atoms with E-state index in [2.05, 4.69) is 5.32 Å². The van der Waals surface area contributed by atoms with Gasteiger partial charge < -0.3 is 0 Å². The molecule has 0 heterocycles. The molecule has 0 radical (unpaired) electrons. The molecule has 0 aromatic heterocycles. The van der Waals surface area contributed by atoms with Crippen molar-refractivity contribution >= 4 is 37.5 Å². The van der Waals surface area contributed by atoms with Gasteiger partial charge in [0.25, 0.3) is 0 Å². The van der Waals surface area contributed by atoms with Crippen LogP contribution in [0.15, 0.2) is 24.3 Å². The number of nitrogens with one attached hydrogen (secondary N) is 1. The summed E-state index contributed by atoms with van der Waals surface area (Å²) in [6.45, 7) is 0. The molecule has 0 aliphatic heterocycles. The van der Waals surface area contributed by atoms with Crippen molar-refractivity contribution in [2.75, 3.05) is 5.32 Å². The summed E-state index contributed by atoms with van der Waals surface area (Å²) in [4.78, 5) is 21.7. The van der Waals surface area contributed by atoms with Crippen LogP contribution >= 0.6 is 0 Å². The maximum absolute atomic E-state index is 11.3. The molecule has 0 aliphatic rings. The zero-order chi connectivity index (χ0) is 12.0. The molecule has 0 spiro atoms. The van der Waals surface area contributed by atoms with Gasteiger partial charge in [-0.25, -0.2) is 0 Å². The fraction of sp³-hybridized carbons (Fsp3) is 0.200. The van der Waals surface area contributed by atoms with Gasteiger partial charge in [0.2, 0.25) is 0 Å². The molecule has 84 valence electrons. The fourth-order valence-electron chi connectivity index (χ4n) is 1.07. The van der Waals surface area contributed by atoms with Crippen molar-refractivity contribution in [3.63, 3.8) is 0 Å². The molecule has 5 nitrogen and oxygen atoms in total. The third-order valence-electron chi connectivity index (χ3n) is 1.85.